The highest BCUT2D eigenvalue weighted by Gasteiger charge is 2.31. The molecule has 0 N–H and O–H groups in total. The van der Waals surface area contributed by atoms with Gasteiger partial charge in [0.1, 0.15) is 5.75 Å². The lowest BCUT2D eigenvalue weighted by Crippen LogP contribution is -2.34. The Morgan fingerprint density at radius 3 is 2.55 bits per heavy atom. The van der Waals surface area contributed by atoms with Gasteiger partial charge >= 0.3 is 0 Å². The second-order valence-corrected chi connectivity index (χ2v) is 7.37. The molecule has 1 fully saturated rings. The molecule has 0 spiro atoms. The van der Waals surface area contributed by atoms with Gasteiger partial charge in [-0.3, -0.25) is 9.59 Å². The lowest BCUT2D eigenvalue weighted by Gasteiger charge is -2.25. The summed E-state index contributed by atoms with van der Waals surface area (Å²) in [4.78, 5) is 26.0. The third kappa shape index (κ3) is 4.36. The molecule has 152 valence electrons. The maximum Gasteiger partial charge on any atom is 0.261 e. The Bertz CT molecular complexity index is 893. The van der Waals surface area contributed by atoms with Gasteiger partial charge in [0.15, 0.2) is 23.9 Å². The van der Waals surface area contributed by atoms with Crippen molar-refractivity contribution in [2.45, 2.75) is 32.2 Å². The van der Waals surface area contributed by atoms with Crippen molar-refractivity contribution in [3.05, 3.63) is 53.6 Å². The van der Waals surface area contributed by atoms with Crippen molar-refractivity contribution in [1.29, 1.82) is 0 Å². The fraction of sp³-hybridized carbons (Fsp3) is 0.391. The molecule has 0 unspecified atom stereocenters. The minimum Gasteiger partial charge on any atom is -0.490 e. The SMILES string of the molecule is CC(=O)c1ccc(OCC(=O)N2CCC[C@@H]2c2ccc3c(c2)OCCCO3)cc1. The van der Waals surface area contributed by atoms with E-state index in [1.54, 1.807) is 24.3 Å². The summed E-state index contributed by atoms with van der Waals surface area (Å²) in [7, 11) is 0. The van der Waals surface area contributed by atoms with Crippen molar-refractivity contribution in [3.63, 3.8) is 0 Å². The molecule has 0 saturated carbocycles. The molecule has 1 amide bonds. The smallest absolute Gasteiger partial charge is 0.261 e. The first-order valence-corrected chi connectivity index (χ1v) is 10.0. The largest absolute Gasteiger partial charge is 0.490 e. The van der Waals surface area contributed by atoms with E-state index in [-0.39, 0.29) is 24.3 Å². The lowest BCUT2D eigenvalue weighted by molar-refractivity contribution is -0.134. The van der Waals surface area contributed by atoms with Crippen molar-refractivity contribution in [3.8, 4) is 17.2 Å². The fourth-order valence-electron chi connectivity index (χ4n) is 3.81. The Morgan fingerprint density at radius 2 is 1.79 bits per heavy atom. The second-order valence-electron chi connectivity index (χ2n) is 7.37. The van der Waals surface area contributed by atoms with Crippen molar-refractivity contribution < 1.29 is 23.8 Å². The summed E-state index contributed by atoms with van der Waals surface area (Å²) in [6.07, 6.45) is 2.74. The fourth-order valence-corrected chi connectivity index (χ4v) is 3.81. The number of likely N-dealkylation sites (tertiary alicyclic amines) is 1. The molecule has 0 bridgehead atoms. The number of fused-ring (bicyclic) bond motifs is 1. The summed E-state index contributed by atoms with van der Waals surface area (Å²) >= 11 is 0. The number of Topliss-reactive ketones (excluding diaryl/α,β-unsaturated/α-hetero) is 1. The standard InChI is InChI=1S/C23H25NO5/c1-16(25)17-5-8-19(9-6-17)29-15-23(26)24-11-2-4-20(24)18-7-10-21-22(14-18)28-13-3-12-27-21/h5-10,14,20H,2-4,11-13,15H2,1H3/t20-/m1/s1. The maximum absolute atomic E-state index is 12.8. The molecule has 6 heteroatoms. The molecular weight excluding hydrogens is 370 g/mol. The Balaban J connectivity index is 1.42. The predicted octanol–water partition coefficient (Wildman–Crippen LogP) is 3.79. The van der Waals surface area contributed by atoms with E-state index in [4.69, 9.17) is 14.2 Å². The molecule has 2 aliphatic rings. The Morgan fingerprint density at radius 1 is 1.03 bits per heavy atom. The van der Waals surface area contributed by atoms with Crippen LogP contribution in [0, 0.1) is 0 Å². The summed E-state index contributed by atoms with van der Waals surface area (Å²) in [5.74, 6) is 2.05. The van der Waals surface area contributed by atoms with Crippen molar-refractivity contribution >= 4 is 11.7 Å². The molecule has 0 radical (unpaired) electrons. The summed E-state index contributed by atoms with van der Waals surface area (Å²) < 4.78 is 17.2. The number of ether oxygens (including phenoxy) is 3. The zero-order valence-electron chi connectivity index (χ0n) is 16.6. The van der Waals surface area contributed by atoms with Gasteiger partial charge in [0, 0.05) is 18.5 Å². The molecule has 0 aromatic heterocycles. The predicted molar refractivity (Wildman–Crippen MR) is 108 cm³/mol. The highest BCUT2D eigenvalue weighted by atomic mass is 16.5. The first-order chi connectivity index (χ1) is 14.1. The topological polar surface area (TPSA) is 65.1 Å². The number of hydrogen-bond acceptors (Lipinski definition) is 5. The van der Waals surface area contributed by atoms with E-state index in [2.05, 4.69) is 0 Å². The van der Waals surface area contributed by atoms with Crippen molar-refractivity contribution in [2.24, 2.45) is 0 Å². The number of nitrogens with zero attached hydrogens (tertiary/aromatic N) is 1. The van der Waals surface area contributed by atoms with Gasteiger partial charge in [-0.2, -0.15) is 0 Å². The van der Waals surface area contributed by atoms with Crippen LogP contribution in [0.15, 0.2) is 42.5 Å². The molecule has 2 aromatic carbocycles. The maximum atomic E-state index is 12.8. The van der Waals surface area contributed by atoms with Crippen molar-refractivity contribution in [1.82, 2.24) is 4.90 Å². The summed E-state index contributed by atoms with van der Waals surface area (Å²) in [5, 5.41) is 0. The quantitative estimate of drug-likeness (QED) is 0.721. The minimum atomic E-state index is -0.0461. The zero-order valence-corrected chi connectivity index (χ0v) is 16.6. The van der Waals surface area contributed by atoms with Gasteiger partial charge in [-0.05, 0) is 61.7 Å². The van der Waals surface area contributed by atoms with Crippen LogP contribution in [-0.2, 0) is 4.79 Å². The first-order valence-electron chi connectivity index (χ1n) is 10.0. The summed E-state index contributed by atoms with van der Waals surface area (Å²) in [6, 6.07) is 12.8. The molecule has 1 saturated heterocycles. The molecule has 4 rings (SSSR count). The number of rotatable bonds is 5. The molecule has 2 aromatic rings. The molecular formula is C23H25NO5. The van der Waals surface area contributed by atoms with Crippen LogP contribution in [0.3, 0.4) is 0 Å². The number of ketones is 1. The Hall–Kier alpha value is -3.02. The number of carbonyl (C=O) groups excluding carboxylic acids is 2. The molecule has 0 aliphatic carbocycles. The van der Waals surface area contributed by atoms with Gasteiger partial charge in [0.2, 0.25) is 0 Å². The van der Waals surface area contributed by atoms with Crippen LogP contribution >= 0.6 is 0 Å². The number of amides is 1. The van der Waals surface area contributed by atoms with E-state index < -0.39 is 0 Å². The molecule has 6 nitrogen and oxygen atoms in total. The third-order valence-corrected chi connectivity index (χ3v) is 5.35. The van der Waals surface area contributed by atoms with Crippen LogP contribution in [0.4, 0.5) is 0 Å². The first kappa shape index (κ1) is 19.3. The van der Waals surface area contributed by atoms with Gasteiger partial charge in [0.25, 0.3) is 5.91 Å². The van der Waals surface area contributed by atoms with Crippen LogP contribution in [0.25, 0.3) is 0 Å². The second kappa shape index (κ2) is 8.55. The lowest BCUT2D eigenvalue weighted by atomic mass is 10.0. The summed E-state index contributed by atoms with van der Waals surface area (Å²) in [5.41, 5.74) is 1.68. The van der Waals surface area contributed by atoms with Crippen molar-refractivity contribution in [2.75, 3.05) is 26.4 Å². The monoisotopic (exact) mass is 395 g/mol. The summed E-state index contributed by atoms with van der Waals surface area (Å²) in [6.45, 7) is 3.50. The average Bonchev–Trinajstić information content (AvgIpc) is 3.11. The normalized spacial score (nSPS) is 18.2. The van der Waals surface area contributed by atoms with Crippen LogP contribution in [0.2, 0.25) is 0 Å². The van der Waals surface area contributed by atoms with Gasteiger partial charge < -0.3 is 19.1 Å². The molecule has 29 heavy (non-hydrogen) atoms. The Kier molecular flexibility index (Phi) is 5.69. The van der Waals surface area contributed by atoms with E-state index in [0.29, 0.717) is 31.1 Å². The van der Waals surface area contributed by atoms with Gasteiger partial charge in [-0.1, -0.05) is 6.07 Å². The highest BCUT2D eigenvalue weighted by Crippen LogP contribution is 2.38. The zero-order chi connectivity index (χ0) is 20.2. The average molecular weight is 395 g/mol. The van der Waals surface area contributed by atoms with Crippen LogP contribution in [0.5, 0.6) is 17.2 Å². The third-order valence-electron chi connectivity index (χ3n) is 5.35. The number of hydrogen-bond donors (Lipinski definition) is 0. The van der Waals surface area contributed by atoms with E-state index >= 15 is 0 Å². The molecule has 1 atom stereocenters. The number of carbonyl (C=O) groups is 2. The number of benzene rings is 2. The minimum absolute atomic E-state index is 0.00247. The van der Waals surface area contributed by atoms with Crippen LogP contribution < -0.4 is 14.2 Å². The molecule has 2 heterocycles. The van der Waals surface area contributed by atoms with Gasteiger partial charge in [-0.25, -0.2) is 0 Å². The van der Waals surface area contributed by atoms with E-state index in [0.717, 1.165) is 36.3 Å². The van der Waals surface area contributed by atoms with Gasteiger partial charge in [-0.15, -0.1) is 0 Å². The molecule has 2 aliphatic heterocycles. The van der Waals surface area contributed by atoms with Gasteiger partial charge in [0.05, 0.1) is 19.3 Å². The Labute approximate surface area is 170 Å². The van der Waals surface area contributed by atoms with E-state index in [1.807, 2.05) is 23.1 Å². The van der Waals surface area contributed by atoms with Crippen LogP contribution in [0.1, 0.15) is 48.1 Å². The van der Waals surface area contributed by atoms with Crippen LogP contribution in [-0.4, -0.2) is 43.0 Å². The van der Waals surface area contributed by atoms with E-state index in [9.17, 15) is 9.59 Å². The highest BCUT2D eigenvalue weighted by molar-refractivity contribution is 5.94. The van der Waals surface area contributed by atoms with E-state index in [1.165, 1.54) is 6.92 Å².